The Morgan fingerprint density at radius 1 is 1.33 bits per heavy atom. The fourth-order valence-corrected chi connectivity index (χ4v) is 1.73. The summed E-state index contributed by atoms with van der Waals surface area (Å²) in [6.07, 6.45) is 0. The van der Waals surface area contributed by atoms with Crippen molar-refractivity contribution in [2.24, 2.45) is 0 Å². The number of aryl methyl sites for hydroxylation is 1. The van der Waals surface area contributed by atoms with Gasteiger partial charge in [-0.05, 0) is 6.92 Å². The van der Waals surface area contributed by atoms with Gasteiger partial charge in [0.15, 0.2) is 5.65 Å². The summed E-state index contributed by atoms with van der Waals surface area (Å²) in [5.41, 5.74) is -0.525. The van der Waals surface area contributed by atoms with E-state index >= 15 is 0 Å². The summed E-state index contributed by atoms with van der Waals surface area (Å²) in [7, 11) is 0. The van der Waals surface area contributed by atoms with Gasteiger partial charge in [0.25, 0.3) is 5.56 Å². The largest absolute Gasteiger partial charge is 0.327 e. The van der Waals surface area contributed by atoms with E-state index in [9.17, 15) is 9.59 Å². The van der Waals surface area contributed by atoms with Gasteiger partial charge in [-0.2, -0.15) is 0 Å². The Morgan fingerprint density at radius 2 is 2.08 bits per heavy atom. The first-order valence-electron chi connectivity index (χ1n) is 3.26. The lowest BCUT2D eigenvalue weighted by Crippen LogP contribution is -2.20. The lowest BCUT2D eigenvalue weighted by Gasteiger charge is -1.83. The molecule has 5 nitrogen and oxygen atoms in total. The molecule has 2 aromatic rings. The van der Waals surface area contributed by atoms with Gasteiger partial charge in [-0.1, -0.05) is 0 Å². The summed E-state index contributed by atoms with van der Waals surface area (Å²) < 4.78 is 0.465. The van der Waals surface area contributed by atoms with E-state index in [-0.39, 0.29) is 5.56 Å². The molecule has 0 aromatic carbocycles. The highest BCUT2D eigenvalue weighted by Gasteiger charge is 2.04. The first-order chi connectivity index (χ1) is 5.66. The van der Waals surface area contributed by atoms with Gasteiger partial charge in [-0.15, -0.1) is 11.3 Å². The van der Waals surface area contributed by atoms with Crippen LogP contribution in [-0.2, 0) is 0 Å². The van der Waals surface area contributed by atoms with Gasteiger partial charge in [-0.3, -0.25) is 14.8 Å². The van der Waals surface area contributed by atoms with Crippen molar-refractivity contribution in [2.75, 3.05) is 0 Å². The van der Waals surface area contributed by atoms with Gasteiger partial charge >= 0.3 is 5.69 Å². The SMILES string of the molecule is Cc1nc2[nH]c(=O)[nH]c(=O)c2s1. The summed E-state index contributed by atoms with van der Waals surface area (Å²) in [5, 5.41) is 0.761. The first-order valence-corrected chi connectivity index (χ1v) is 4.08. The third-order valence-electron chi connectivity index (χ3n) is 1.40. The lowest BCUT2D eigenvalue weighted by atomic mass is 10.6. The summed E-state index contributed by atoms with van der Waals surface area (Å²) in [6.45, 7) is 1.78. The van der Waals surface area contributed by atoms with E-state index < -0.39 is 5.69 Å². The van der Waals surface area contributed by atoms with E-state index in [1.807, 2.05) is 0 Å². The molecule has 0 radical (unpaired) electrons. The van der Waals surface area contributed by atoms with E-state index in [4.69, 9.17) is 0 Å². The second kappa shape index (κ2) is 2.28. The van der Waals surface area contributed by atoms with Crippen LogP contribution >= 0.6 is 11.3 Å². The lowest BCUT2D eigenvalue weighted by molar-refractivity contribution is 1.07. The summed E-state index contributed by atoms with van der Waals surface area (Å²) in [6, 6.07) is 0. The highest BCUT2D eigenvalue weighted by atomic mass is 32.1. The molecule has 0 aliphatic carbocycles. The van der Waals surface area contributed by atoms with Crippen LogP contribution in [0.5, 0.6) is 0 Å². The van der Waals surface area contributed by atoms with E-state index in [2.05, 4.69) is 15.0 Å². The molecule has 0 unspecified atom stereocenters. The van der Waals surface area contributed by atoms with Crippen molar-refractivity contribution in [1.82, 2.24) is 15.0 Å². The third-order valence-corrected chi connectivity index (χ3v) is 2.37. The zero-order valence-electron chi connectivity index (χ0n) is 6.17. The van der Waals surface area contributed by atoms with Gasteiger partial charge in [0.1, 0.15) is 4.70 Å². The van der Waals surface area contributed by atoms with Crippen LogP contribution < -0.4 is 11.2 Å². The minimum Gasteiger partial charge on any atom is -0.291 e. The predicted octanol–water partition coefficient (Wildman–Crippen LogP) is -0.0187. The van der Waals surface area contributed by atoms with E-state index in [0.717, 1.165) is 5.01 Å². The van der Waals surface area contributed by atoms with Crippen LogP contribution in [0.1, 0.15) is 5.01 Å². The van der Waals surface area contributed by atoms with Crippen LogP contribution in [0.25, 0.3) is 10.3 Å². The Labute approximate surface area is 70.1 Å². The van der Waals surface area contributed by atoms with Crippen molar-refractivity contribution >= 4 is 21.7 Å². The van der Waals surface area contributed by atoms with Crippen LogP contribution in [0.15, 0.2) is 9.59 Å². The molecular weight excluding hydrogens is 178 g/mol. The molecule has 6 heteroatoms. The molecule has 62 valence electrons. The molecule has 0 saturated carbocycles. The van der Waals surface area contributed by atoms with Gasteiger partial charge in [0, 0.05) is 0 Å². The number of fused-ring (bicyclic) bond motifs is 1. The first kappa shape index (κ1) is 7.23. The van der Waals surface area contributed by atoms with Crippen molar-refractivity contribution in [2.45, 2.75) is 6.92 Å². The summed E-state index contributed by atoms with van der Waals surface area (Å²) in [5.74, 6) is 0. The Morgan fingerprint density at radius 3 is 2.83 bits per heavy atom. The van der Waals surface area contributed by atoms with E-state index in [1.165, 1.54) is 11.3 Å². The number of thiazole rings is 1. The molecule has 0 bridgehead atoms. The molecule has 2 rings (SSSR count). The average molecular weight is 183 g/mol. The summed E-state index contributed by atoms with van der Waals surface area (Å²) in [4.78, 5) is 30.4. The normalized spacial score (nSPS) is 10.8. The number of nitrogens with zero attached hydrogens (tertiary/aromatic N) is 1. The Bertz CT molecular complexity index is 535. The number of H-pyrrole nitrogens is 2. The molecule has 0 spiro atoms. The van der Waals surface area contributed by atoms with Gasteiger partial charge in [0.05, 0.1) is 5.01 Å². The maximum absolute atomic E-state index is 11.1. The van der Waals surface area contributed by atoms with Crippen molar-refractivity contribution in [3.8, 4) is 0 Å². The quantitative estimate of drug-likeness (QED) is 0.602. The molecule has 0 aliphatic heterocycles. The smallest absolute Gasteiger partial charge is 0.291 e. The van der Waals surface area contributed by atoms with Crippen LogP contribution in [-0.4, -0.2) is 15.0 Å². The van der Waals surface area contributed by atoms with Crippen molar-refractivity contribution in [3.05, 3.63) is 25.8 Å². The summed E-state index contributed by atoms with van der Waals surface area (Å²) >= 11 is 1.26. The van der Waals surface area contributed by atoms with E-state index in [0.29, 0.717) is 10.3 Å². The zero-order chi connectivity index (χ0) is 8.72. The van der Waals surface area contributed by atoms with Gasteiger partial charge in [0.2, 0.25) is 0 Å². The Kier molecular flexibility index (Phi) is 1.37. The molecule has 0 aliphatic rings. The van der Waals surface area contributed by atoms with Crippen LogP contribution in [0.3, 0.4) is 0 Å². The Hall–Kier alpha value is -1.43. The van der Waals surface area contributed by atoms with Crippen LogP contribution in [0.4, 0.5) is 0 Å². The maximum atomic E-state index is 11.1. The number of nitrogens with one attached hydrogen (secondary N) is 2. The number of hydrogen-bond acceptors (Lipinski definition) is 4. The molecule has 12 heavy (non-hydrogen) atoms. The second-order valence-electron chi connectivity index (χ2n) is 2.32. The second-order valence-corrected chi connectivity index (χ2v) is 3.52. The fraction of sp³-hybridized carbons (Fsp3) is 0.167. The molecule has 0 amide bonds. The number of rotatable bonds is 0. The maximum Gasteiger partial charge on any atom is 0.327 e. The number of aromatic nitrogens is 3. The minimum absolute atomic E-state index is 0.367. The predicted molar refractivity (Wildman–Crippen MR) is 45.6 cm³/mol. The van der Waals surface area contributed by atoms with Crippen molar-refractivity contribution in [1.29, 1.82) is 0 Å². The fourth-order valence-electron chi connectivity index (χ4n) is 0.964. The van der Waals surface area contributed by atoms with Gasteiger partial charge in [-0.25, -0.2) is 9.78 Å². The molecule has 0 fully saturated rings. The van der Waals surface area contributed by atoms with E-state index in [1.54, 1.807) is 6.92 Å². The highest BCUT2D eigenvalue weighted by Crippen LogP contribution is 2.13. The minimum atomic E-state index is -0.516. The monoisotopic (exact) mass is 183 g/mol. The molecule has 2 aromatic heterocycles. The van der Waals surface area contributed by atoms with Crippen molar-refractivity contribution < 1.29 is 0 Å². The third kappa shape index (κ3) is 0.964. The number of hydrogen-bond donors (Lipinski definition) is 2. The molecule has 2 heterocycles. The molecule has 0 saturated heterocycles. The van der Waals surface area contributed by atoms with Crippen LogP contribution in [0.2, 0.25) is 0 Å². The Balaban J connectivity index is 3.08. The zero-order valence-corrected chi connectivity index (χ0v) is 6.99. The average Bonchev–Trinajstić information content (AvgIpc) is 2.29. The molecular formula is C6H5N3O2S. The molecule has 2 N–H and O–H groups in total. The van der Waals surface area contributed by atoms with Gasteiger partial charge < -0.3 is 0 Å². The number of aromatic amines is 2. The topological polar surface area (TPSA) is 78.6 Å². The standard InChI is InChI=1S/C6H5N3O2S/c1-2-7-4-3(12-2)5(10)9-6(11)8-4/h1H3,(H2,8,9,10,11). The highest BCUT2D eigenvalue weighted by molar-refractivity contribution is 7.18. The molecule has 0 atom stereocenters. The van der Waals surface area contributed by atoms with Crippen LogP contribution in [0, 0.1) is 6.92 Å². The van der Waals surface area contributed by atoms with Crippen molar-refractivity contribution in [3.63, 3.8) is 0 Å².